The average Bonchev–Trinajstić information content (AvgIpc) is 2.90. The highest BCUT2D eigenvalue weighted by Gasteiger charge is 2.08. The molecule has 0 amide bonds. The Morgan fingerprint density at radius 1 is 1.25 bits per heavy atom. The van der Waals surface area contributed by atoms with E-state index in [1.807, 2.05) is 6.07 Å². The summed E-state index contributed by atoms with van der Waals surface area (Å²) in [6.07, 6.45) is 0. The van der Waals surface area contributed by atoms with Crippen LogP contribution in [0, 0.1) is 5.92 Å². The largest absolute Gasteiger partial charge is 0.487 e. The van der Waals surface area contributed by atoms with Gasteiger partial charge in [0.15, 0.2) is 0 Å². The van der Waals surface area contributed by atoms with Crippen molar-refractivity contribution in [3.05, 3.63) is 50.6 Å². The minimum Gasteiger partial charge on any atom is -0.487 e. The number of hydrogen-bond donors (Lipinski definition) is 1. The molecule has 0 bridgehead atoms. The van der Waals surface area contributed by atoms with Crippen LogP contribution < -0.4 is 10.1 Å². The summed E-state index contributed by atoms with van der Waals surface area (Å²) in [5.74, 6) is 1.59. The highest BCUT2D eigenvalue weighted by molar-refractivity contribution is 9.10. The quantitative estimate of drug-likeness (QED) is 0.769. The predicted molar refractivity (Wildman–Crippen MR) is 89.3 cm³/mol. The molecular formula is C16H20BrNOS. The first-order chi connectivity index (χ1) is 9.66. The summed E-state index contributed by atoms with van der Waals surface area (Å²) >= 11 is 5.30. The standard InChI is InChI=1S/C16H20BrNOS/c1-12(2)9-18-10-13-5-3-7-15(17)16(13)19-11-14-6-4-8-20-14/h3-8,12,18H,9-11H2,1-2H3. The van der Waals surface area contributed by atoms with Crippen LogP contribution in [-0.2, 0) is 13.2 Å². The number of benzene rings is 1. The van der Waals surface area contributed by atoms with Gasteiger partial charge in [-0.3, -0.25) is 0 Å². The summed E-state index contributed by atoms with van der Waals surface area (Å²) in [6, 6.07) is 10.3. The lowest BCUT2D eigenvalue weighted by atomic mass is 10.2. The van der Waals surface area contributed by atoms with E-state index >= 15 is 0 Å². The van der Waals surface area contributed by atoms with Gasteiger partial charge >= 0.3 is 0 Å². The molecule has 2 nitrogen and oxygen atoms in total. The van der Waals surface area contributed by atoms with E-state index in [2.05, 4.69) is 64.7 Å². The predicted octanol–water partition coefficient (Wildman–Crippen LogP) is 4.84. The Kier molecular flexibility index (Phi) is 6.07. The number of hydrogen-bond acceptors (Lipinski definition) is 3. The van der Waals surface area contributed by atoms with Gasteiger partial charge in [0.1, 0.15) is 12.4 Å². The van der Waals surface area contributed by atoms with Crippen molar-refractivity contribution >= 4 is 27.3 Å². The van der Waals surface area contributed by atoms with Crippen LogP contribution in [0.3, 0.4) is 0 Å². The third kappa shape index (κ3) is 4.62. The maximum Gasteiger partial charge on any atom is 0.138 e. The summed E-state index contributed by atoms with van der Waals surface area (Å²) in [7, 11) is 0. The van der Waals surface area contributed by atoms with Crippen molar-refractivity contribution in [3.8, 4) is 5.75 Å². The van der Waals surface area contributed by atoms with Gasteiger partial charge in [0.2, 0.25) is 0 Å². The molecular weight excluding hydrogens is 334 g/mol. The van der Waals surface area contributed by atoms with Gasteiger partial charge in [-0.05, 0) is 45.9 Å². The van der Waals surface area contributed by atoms with E-state index in [9.17, 15) is 0 Å². The van der Waals surface area contributed by atoms with Gasteiger partial charge in [0, 0.05) is 17.0 Å². The molecule has 0 atom stereocenters. The van der Waals surface area contributed by atoms with Crippen LogP contribution in [0.15, 0.2) is 40.2 Å². The van der Waals surface area contributed by atoms with Crippen molar-refractivity contribution in [2.45, 2.75) is 27.0 Å². The van der Waals surface area contributed by atoms with Gasteiger partial charge in [-0.2, -0.15) is 0 Å². The van der Waals surface area contributed by atoms with Gasteiger partial charge in [0.25, 0.3) is 0 Å². The van der Waals surface area contributed by atoms with E-state index in [0.29, 0.717) is 12.5 Å². The molecule has 1 aromatic heterocycles. The van der Waals surface area contributed by atoms with Crippen molar-refractivity contribution in [1.29, 1.82) is 0 Å². The average molecular weight is 354 g/mol. The highest BCUT2D eigenvalue weighted by atomic mass is 79.9. The zero-order valence-electron chi connectivity index (χ0n) is 11.9. The Morgan fingerprint density at radius 3 is 2.80 bits per heavy atom. The lowest BCUT2D eigenvalue weighted by Gasteiger charge is -2.14. The highest BCUT2D eigenvalue weighted by Crippen LogP contribution is 2.30. The molecule has 1 aromatic carbocycles. The first-order valence-electron chi connectivity index (χ1n) is 6.80. The van der Waals surface area contributed by atoms with Crippen LogP contribution in [0.5, 0.6) is 5.75 Å². The zero-order valence-corrected chi connectivity index (χ0v) is 14.3. The summed E-state index contributed by atoms with van der Waals surface area (Å²) < 4.78 is 7.01. The molecule has 0 spiro atoms. The van der Waals surface area contributed by atoms with Gasteiger partial charge in [-0.1, -0.05) is 32.0 Å². The Bertz CT molecular complexity index is 525. The minimum absolute atomic E-state index is 0.622. The molecule has 0 unspecified atom stereocenters. The van der Waals surface area contributed by atoms with E-state index in [1.54, 1.807) is 11.3 Å². The second kappa shape index (κ2) is 7.81. The van der Waals surface area contributed by atoms with E-state index in [1.165, 1.54) is 10.4 Å². The summed E-state index contributed by atoms with van der Waals surface area (Å²) in [5.41, 5.74) is 1.19. The maximum absolute atomic E-state index is 5.99. The second-order valence-corrected chi connectivity index (χ2v) is 7.01. The molecule has 0 saturated carbocycles. The van der Waals surface area contributed by atoms with Crippen LogP contribution in [0.4, 0.5) is 0 Å². The van der Waals surface area contributed by atoms with E-state index < -0.39 is 0 Å². The smallest absolute Gasteiger partial charge is 0.138 e. The molecule has 20 heavy (non-hydrogen) atoms. The molecule has 2 rings (SSSR count). The molecule has 2 aromatic rings. The molecule has 1 heterocycles. The summed E-state index contributed by atoms with van der Waals surface area (Å²) in [4.78, 5) is 1.24. The number of halogens is 1. The fourth-order valence-corrected chi connectivity index (χ4v) is 3.03. The Hall–Kier alpha value is -0.840. The monoisotopic (exact) mass is 353 g/mol. The first-order valence-corrected chi connectivity index (χ1v) is 8.47. The molecule has 0 saturated heterocycles. The van der Waals surface area contributed by atoms with Crippen molar-refractivity contribution in [1.82, 2.24) is 5.32 Å². The van der Waals surface area contributed by atoms with Gasteiger partial charge in [-0.15, -0.1) is 11.3 Å². The van der Waals surface area contributed by atoms with Gasteiger partial charge < -0.3 is 10.1 Å². The number of thiophene rings is 1. The van der Waals surface area contributed by atoms with Crippen LogP contribution >= 0.6 is 27.3 Å². The molecule has 0 radical (unpaired) electrons. The molecule has 0 aliphatic heterocycles. The molecule has 4 heteroatoms. The molecule has 0 fully saturated rings. The van der Waals surface area contributed by atoms with Crippen LogP contribution in [0.2, 0.25) is 0 Å². The Morgan fingerprint density at radius 2 is 2.10 bits per heavy atom. The third-order valence-corrected chi connectivity index (χ3v) is 4.33. The minimum atomic E-state index is 0.622. The topological polar surface area (TPSA) is 21.3 Å². The number of ether oxygens (including phenoxy) is 1. The van der Waals surface area contributed by atoms with E-state index in [-0.39, 0.29) is 0 Å². The molecule has 0 aliphatic rings. The second-order valence-electron chi connectivity index (χ2n) is 5.12. The molecule has 1 N–H and O–H groups in total. The van der Waals surface area contributed by atoms with Crippen LogP contribution in [0.25, 0.3) is 0 Å². The number of para-hydroxylation sites is 1. The lowest BCUT2D eigenvalue weighted by Crippen LogP contribution is -2.19. The van der Waals surface area contributed by atoms with Crippen LogP contribution in [0.1, 0.15) is 24.3 Å². The number of nitrogens with one attached hydrogen (secondary N) is 1. The first kappa shape index (κ1) is 15.5. The van der Waals surface area contributed by atoms with E-state index in [0.717, 1.165) is 23.3 Å². The van der Waals surface area contributed by atoms with Crippen LogP contribution in [-0.4, -0.2) is 6.54 Å². The van der Waals surface area contributed by atoms with Gasteiger partial charge in [0.05, 0.1) is 4.47 Å². The number of rotatable bonds is 7. The molecule has 0 aliphatic carbocycles. The fraction of sp³-hybridized carbons (Fsp3) is 0.375. The third-order valence-electron chi connectivity index (χ3n) is 2.86. The van der Waals surface area contributed by atoms with Crippen molar-refractivity contribution in [2.24, 2.45) is 5.92 Å². The van der Waals surface area contributed by atoms with Crippen molar-refractivity contribution in [3.63, 3.8) is 0 Å². The Balaban J connectivity index is 2.01. The van der Waals surface area contributed by atoms with Crippen molar-refractivity contribution in [2.75, 3.05) is 6.54 Å². The maximum atomic E-state index is 5.99. The normalized spacial score (nSPS) is 11.0. The van der Waals surface area contributed by atoms with Crippen molar-refractivity contribution < 1.29 is 4.74 Å². The van der Waals surface area contributed by atoms with E-state index in [4.69, 9.17) is 4.74 Å². The molecule has 108 valence electrons. The lowest BCUT2D eigenvalue weighted by molar-refractivity contribution is 0.303. The fourth-order valence-electron chi connectivity index (χ4n) is 1.89. The summed E-state index contributed by atoms with van der Waals surface area (Å²) in [5, 5.41) is 5.54. The van der Waals surface area contributed by atoms with Gasteiger partial charge in [-0.25, -0.2) is 0 Å². The Labute approximate surface area is 133 Å². The summed E-state index contributed by atoms with van der Waals surface area (Å²) in [6.45, 7) is 6.88. The SMILES string of the molecule is CC(C)CNCc1cccc(Br)c1OCc1cccs1. The zero-order chi connectivity index (χ0) is 14.4.